The van der Waals surface area contributed by atoms with Crippen molar-refractivity contribution < 1.29 is 13.9 Å². The van der Waals surface area contributed by atoms with Crippen LogP contribution in [0.4, 0.5) is 0 Å². The van der Waals surface area contributed by atoms with Gasteiger partial charge < -0.3 is 14.1 Å². The van der Waals surface area contributed by atoms with Gasteiger partial charge in [-0.3, -0.25) is 4.79 Å². The Bertz CT molecular complexity index is 633. The van der Waals surface area contributed by atoms with Crippen molar-refractivity contribution in [3.8, 4) is 5.75 Å². The lowest BCUT2D eigenvalue weighted by atomic mass is 10.00. The van der Waals surface area contributed by atoms with E-state index in [1.807, 2.05) is 24.3 Å². The average molecular weight is 327 g/mol. The first kappa shape index (κ1) is 16.6. The maximum absolute atomic E-state index is 12.8. The van der Waals surface area contributed by atoms with E-state index in [0.29, 0.717) is 12.8 Å². The van der Waals surface area contributed by atoms with Gasteiger partial charge in [0.05, 0.1) is 19.4 Å². The van der Waals surface area contributed by atoms with Crippen molar-refractivity contribution in [3.63, 3.8) is 0 Å². The Hall–Kier alpha value is -2.23. The van der Waals surface area contributed by atoms with E-state index >= 15 is 0 Å². The van der Waals surface area contributed by atoms with Gasteiger partial charge in [-0.1, -0.05) is 25.0 Å². The molecule has 1 atom stereocenters. The summed E-state index contributed by atoms with van der Waals surface area (Å²) in [6.07, 6.45) is 7.29. The number of amides is 1. The molecule has 24 heavy (non-hydrogen) atoms. The largest absolute Gasteiger partial charge is 0.497 e. The zero-order chi connectivity index (χ0) is 16.8. The van der Waals surface area contributed by atoms with Crippen LogP contribution in [0.15, 0.2) is 47.1 Å². The fourth-order valence-electron chi connectivity index (χ4n) is 3.41. The van der Waals surface area contributed by atoms with Crippen molar-refractivity contribution in [3.05, 3.63) is 54.0 Å². The van der Waals surface area contributed by atoms with Gasteiger partial charge in [0, 0.05) is 19.4 Å². The number of ether oxygens (including phenoxy) is 1. The van der Waals surface area contributed by atoms with Crippen LogP contribution in [0.25, 0.3) is 0 Å². The lowest BCUT2D eigenvalue weighted by Gasteiger charge is -2.30. The van der Waals surface area contributed by atoms with Gasteiger partial charge in [-0.05, 0) is 42.7 Å². The minimum absolute atomic E-state index is 0.169. The van der Waals surface area contributed by atoms with Crippen molar-refractivity contribution in [2.45, 2.75) is 44.6 Å². The van der Waals surface area contributed by atoms with Crippen molar-refractivity contribution >= 4 is 5.91 Å². The molecule has 0 aliphatic carbocycles. The van der Waals surface area contributed by atoms with Crippen LogP contribution in [0.3, 0.4) is 0 Å². The number of aryl methyl sites for hydroxylation is 1. The SMILES string of the molecule is COc1ccc(C2CCCCCN2C(=O)CCc2ccco2)cc1. The van der Waals surface area contributed by atoms with E-state index in [4.69, 9.17) is 9.15 Å². The molecule has 0 N–H and O–H groups in total. The minimum Gasteiger partial charge on any atom is -0.497 e. The zero-order valence-corrected chi connectivity index (χ0v) is 14.2. The molecule has 4 nitrogen and oxygen atoms in total. The minimum atomic E-state index is 0.169. The van der Waals surface area contributed by atoms with E-state index in [1.54, 1.807) is 13.4 Å². The Kier molecular flexibility index (Phi) is 5.57. The molecule has 2 aromatic rings. The van der Waals surface area contributed by atoms with Crippen LogP contribution in [-0.2, 0) is 11.2 Å². The summed E-state index contributed by atoms with van der Waals surface area (Å²) in [7, 11) is 1.67. The monoisotopic (exact) mass is 327 g/mol. The Balaban J connectivity index is 1.72. The molecular weight excluding hydrogens is 302 g/mol. The van der Waals surface area contributed by atoms with E-state index in [-0.39, 0.29) is 11.9 Å². The second kappa shape index (κ2) is 8.04. The first-order chi connectivity index (χ1) is 11.8. The van der Waals surface area contributed by atoms with Crippen LogP contribution >= 0.6 is 0 Å². The van der Waals surface area contributed by atoms with Gasteiger partial charge in [0.1, 0.15) is 11.5 Å². The topological polar surface area (TPSA) is 42.7 Å². The Morgan fingerprint density at radius 3 is 2.75 bits per heavy atom. The molecule has 3 rings (SSSR count). The van der Waals surface area contributed by atoms with Crippen molar-refractivity contribution in [2.75, 3.05) is 13.7 Å². The average Bonchev–Trinajstić information content (AvgIpc) is 3.02. The summed E-state index contributed by atoms with van der Waals surface area (Å²) in [5.74, 6) is 1.94. The number of hydrogen-bond acceptors (Lipinski definition) is 3. The van der Waals surface area contributed by atoms with Crippen LogP contribution in [-0.4, -0.2) is 24.5 Å². The number of rotatable bonds is 5. The van der Waals surface area contributed by atoms with E-state index in [2.05, 4.69) is 17.0 Å². The molecule has 1 aliphatic heterocycles. The lowest BCUT2D eigenvalue weighted by Crippen LogP contribution is -2.35. The van der Waals surface area contributed by atoms with Gasteiger partial charge >= 0.3 is 0 Å². The molecule has 0 spiro atoms. The summed E-state index contributed by atoms with van der Waals surface area (Å²) >= 11 is 0. The van der Waals surface area contributed by atoms with Gasteiger partial charge in [-0.15, -0.1) is 0 Å². The molecule has 1 saturated heterocycles. The number of likely N-dealkylation sites (tertiary alicyclic amines) is 1. The lowest BCUT2D eigenvalue weighted by molar-refractivity contribution is -0.133. The Morgan fingerprint density at radius 2 is 2.04 bits per heavy atom. The van der Waals surface area contributed by atoms with Gasteiger partial charge in [-0.2, -0.15) is 0 Å². The van der Waals surface area contributed by atoms with Crippen LogP contribution in [0.1, 0.15) is 49.5 Å². The van der Waals surface area contributed by atoms with E-state index < -0.39 is 0 Å². The molecule has 0 bridgehead atoms. The molecule has 1 amide bonds. The second-order valence-electron chi connectivity index (χ2n) is 6.30. The first-order valence-electron chi connectivity index (χ1n) is 8.74. The van der Waals surface area contributed by atoms with Gasteiger partial charge in [0.25, 0.3) is 0 Å². The zero-order valence-electron chi connectivity index (χ0n) is 14.2. The fourth-order valence-corrected chi connectivity index (χ4v) is 3.41. The number of methoxy groups -OCH3 is 1. The predicted octanol–water partition coefficient (Wildman–Crippen LogP) is 4.36. The van der Waals surface area contributed by atoms with Crippen LogP contribution in [0.2, 0.25) is 0 Å². The molecular formula is C20H25NO3. The normalized spacial score (nSPS) is 18.2. The summed E-state index contributed by atoms with van der Waals surface area (Å²) in [5, 5.41) is 0. The highest BCUT2D eigenvalue weighted by Crippen LogP contribution is 2.31. The number of benzene rings is 1. The third kappa shape index (κ3) is 3.99. The summed E-state index contributed by atoms with van der Waals surface area (Å²) < 4.78 is 10.6. The fraction of sp³-hybridized carbons (Fsp3) is 0.450. The van der Waals surface area contributed by atoms with E-state index in [9.17, 15) is 4.79 Å². The number of carbonyl (C=O) groups is 1. The highest BCUT2D eigenvalue weighted by Gasteiger charge is 2.26. The molecule has 0 radical (unpaired) electrons. The molecule has 1 aromatic carbocycles. The Morgan fingerprint density at radius 1 is 1.21 bits per heavy atom. The highest BCUT2D eigenvalue weighted by molar-refractivity contribution is 5.77. The third-order valence-corrected chi connectivity index (χ3v) is 4.74. The third-order valence-electron chi connectivity index (χ3n) is 4.74. The summed E-state index contributed by atoms with van der Waals surface area (Å²) in [4.78, 5) is 14.9. The standard InChI is InChI=1S/C20H25NO3/c1-23-17-10-8-16(9-11-17)19-7-3-2-4-14-21(19)20(22)13-12-18-6-5-15-24-18/h5-6,8-11,15,19H,2-4,7,12-14H2,1H3. The molecule has 1 fully saturated rings. The molecule has 0 saturated carbocycles. The number of carbonyl (C=O) groups excluding carboxylic acids is 1. The Labute approximate surface area is 143 Å². The van der Waals surface area contributed by atoms with Crippen LogP contribution in [0.5, 0.6) is 5.75 Å². The van der Waals surface area contributed by atoms with E-state index in [1.165, 1.54) is 18.4 Å². The number of hydrogen-bond donors (Lipinski definition) is 0. The van der Waals surface area contributed by atoms with Gasteiger partial charge in [0.15, 0.2) is 0 Å². The highest BCUT2D eigenvalue weighted by atomic mass is 16.5. The number of furan rings is 1. The number of nitrogens with zero attached hydrogens (tertiary/aromatic N) is 1. The van der Waals surface area contributed by atoms with Crippen LogP contribution in [0, 0.1) is 0 Å². The first-order valence-corrected chi connectivity index (χ1v) is 8.74. The summed E-state index contributed by atoms with van der Waals surface area (Å²) in [6, 6.07) is 12.1. The van der Waals surface area contributed by atoms with Gasteiger partial charge in [0.2, 0.25) is 5.91 Å². The molecule has 128 valence electrons. The smallest absolute Gasteiger partial charge is 0.223 e. The molecule has 1 aliphatic rings. The summed E-state index contributed by atoms with van der Waals surface area (Å²) in [5.41, 5.74) is 1.20. The van der Waals surface area contributed by atoms with Crippen LogP contribution < -0.4 is 4.74 Å². The van der Waals surface area contributed by atoms with E-state index in [0.717, 1.165) is 30.9 Å². The summed E-state index contributed by atoms with van der Waals surface area (Å²) in [6.45, 7) is 0.841. The maximum atomic E-state index is 12.8. The molecule has 1 unspecified atom stereocenters. The second-order valence-corrected chi connectivity index (χ2v) is 6.30. The molecule has 2 heterocycles. The van der Waals surface area contributed by atoms with Crippen molar-refractivity contribution in [1.29, 1.82) is 0 Å². The molecule has 1 aromatic heterocycles. The maximum Gasteiger partial charge on any atom is 0.223 e. The molecule has 4 heteroatoms. The van der Waals surface area contributed by atoms with Gasteiger partial charge in [-0.25, -0.2) is 0 Å². The van der Waals surface area contributed by atoms with Crippen molar-refractivity contribution in [2.24, 2.45) is 0 Å². The predicted molar refractivity (Wildman–Crippen MR) is 92.9 cm³/mol. The van der Waals surface area contributed by atoms with Crippen molar-refractivity contribution in [1.82, 2.24) is 4.90 Å². The quantitative estimate of drug-likeness (QED) is 0.819.